The Kier molecular flexibility index (Phi) is 5.37. The highest BCUT2D eigenvalue weighted by atomic mass is 35.5. The van der Waals surface area contributed by atoms with Crippen LogP contribution in [0.2, 0.25) is 10.0 Å². The fourth-order valence-corrected chi connectivity index (χ4v) is 3.98. The number of benzene rings is 1. The molecule has 5 nitrogen and oxygen atoms in total. The van der Waals surface area contributed by atoms with Crippen LogP contribution in [0.4, 0.5) is 0 Å². The van der Waals surface area contributed by atoms with E-state index >= 15 is 0 Å². The zero-order valence-electron chi connectivity index (χ0n) is 14.5. The van der Waals surface area contributed by atoms with Gasteiger partial charge in [-0.25, -0.2) is 4.98 Å². The Bertz CT molecular complexity index is 1060. The van der Waals surface area contributed by atoms with Gasteiger partial charge >= 0.3 is 0 Å². The van der Waals surface area contributed by atoms with E-state index in [4.69, 9.17) is 23.2 Å². The summed E-state index contributed by atoms with van der Waals surface area (Å²) in [7, 11) is 0. The Morgan fingerprint density at radius 3 is 2.73 bits per heavy atom. The van der Waals surface area contributed by atoms with Gasteiger partial charge in [0.15, 0.2) is 0 Å². The summed E-state index contributed by atoms with van der Waals surface area (Å²) in [4.78, 5) is 31.1. The maximum Gasteiger partial charge on any atom is 0.262 e. The van der Waals surface area contributed by atoms with Crippen LogP contribution < -0.4 is 10.9 Å². The molecule has 26 heavy (non-hydrogen) atoms. The van der Waals surface area contributed by atoms with E-state index in [1.165, 1.54) is 22.2 Å². The molecule has 2 heterocycles. The van der Waals surface area contributed by atoms with Gasteiger partial charge in [0.1, 0.15) is 11.4 Å². The number of aryl methyl sites for hydroxylation is 2. The standard InChI is InChI=1S/C18H17Cl2N3O2S/c1-9-11(3)26-17-16(9)18(25)23(8-21-17)7-15(24)22-10(2)12-4-5-13(19)14(20)6-12/h4-6,8,10H,7H2,1-3H3,(H,22,24)/t10-/m0/s1. The topological polar surface area (TPSA) is 64.0 Å². The molecule has 2 aromatic heterocycles. The zero-order chi connectivity index (χ0) is 19.0. The van der Waals surface area contributed by atoms with Gasteiger partial charge in [-0.05, 0) is 44.0 Å². The van der Waals surface area contributed by atoms with Crippen LogP contribution in [0.15, 0.2) is 29.3 Å². The maximum atomic E-state index is 12.7. The Morgan fingerprint density at radius 1 is 1.31 bits per heavy atom. The number of fused-ring (bicyclic) bond motifs is 1. The van der Waals surface area contributed by atoms with E-state index in [1.807, 2.05) is 20.8 Å². The molecule has 0 saturated carbocycles. The van der Waals surface area contributed by atoms with Crippen LogP contribution >= 0.6 is 34.5 Å². The van der Waals surface area contributed by atoms with Crippen molar-refractivity contribution in [3.63, 3.8) is 0 Å². The molecule has 1 amide bonds. The van der Waals surface area contributed by atoms with Crippen LogP contribution in [0.1, 0.15) is 29.0 Å². The highest BCUT2D eigenvalue weighted by Gasteiger charge is 2.15. The third-order valence-electron chi connectivity index (χ3n) is 4.29. The molecule has 0 aliphatic heterocycles. The normalized spacial score (nSPS) is 12.3. The van der Waals surface area contributed by atoms with E-state index in [2.05, 4.69) is 10.3 Å². The molecule has 3 rings (SSSR count). The highest BCUT2D eigenvalue weighted by Crippen LogP contribution is 2.26. The van der Waals surface area contributed by atoms with Gasteiger partial charge in [0.25, 0.3) is 5.56 Å². The molecule has 136 valence electrons. The molecule has 1 N–H and O–H groups in total. The highest BCUT2D eigenvalue weighted by molar-refractivity contribution is 7.18. The lowest BCUT2D eigenvalue weighted by Crippen LogP contribution is -2.34. The summed E-state index contributed by atoms with van der Waals surface area (Å²) in [6, 6.07) is 4.93. The number of nitrogens with zero attached hydrogens (tertiary/aromatic N) is 2. The number of nitrogens with one attached hydrogen (secondary N) is 1. The van der Waals surface area contributed by atoms with Crippen molar-refractivity contribution >= 4 is 50.7 Å². The summed E-state index contributed by atoms with van der Waals surface area (Å²) in [5, 5.41) is 4.33. The molecule has 0 bridgehead atoms. The molecule has 3 aromatic rings. The number of halogens is 2. The van der Waals surface area contributed by atoms with Crippen molar-refractivity contribution in [3.8, 4) is 0 Å². The van der Waals surface area contributed by atoms with Crippen molar-refractivity contribution < 1.29 is 4.79 Å². The first kappa shape index (κ1) is 18.9. The van der Waals surface area contributed by atoms with Gasteiger partial charge in [0.2, 0.25) is 5.91 Å². The smallest absolute Gasteiger partial charge is 0.262 e. The lowest BCUT2D eigenvalue weighted by molar-refractivity contribution is -0.122. The Labute approximate surface area is 164 Å². The van der Waals surface area contributed by atoms with Crippen LogP contribution in [0.3, 0.4) is 0 Å². The van der Waals surface area contributed by atoms with E-state index in [-0.39, 0.29) is 24.1 Å². The number of aromatic nitrogens is 2. The van der Waals surface area contributed by atoms with Crippen molar-refractivity contribution in [1.82, 2.24) is 14.9 Å². The summed E-state index contributed by atoms with van der Waals surface area (Å²) in [6.45, 7) is 5.60. The van der Waals surface area contributed by atoms with Gasteiger partial charge in [0, 0.05) is 4.88 Å². The SMILES string of the molecule is Cc1sc2ncn(CC(=O)N[C@@H](C)c3ccc(Cl)c(Cl)c3)c(=O)c2c1C. The van der Waals surface area contributed by atoms with Gasteiger partial charge < -0.3 is 5.32 Å². The molecular formula is C18H17Cl2N3O2S. The summed E-state index contributed by atoms with van der Waals surface area (Å²) >= 11 is 13.4. The second kappa shape index (κ2) is 7.39. The minimum atomic E-state index is -0.281. The molecular weight excluding hydrogens is 393 g/mol. The Balaban J connectivity index is 1.78. The second-order valence-electron chi connectivity index (χ2n) is 6.10. The Morgan fingerprint density at radius 2 is 2.04 bits per heavy atom. The predicted molar refractivity (Wildman–Crippen MR) is 106 cm³/mol. The zero-order valence-corrected chi connectivity index (χ0v) is 16.8. The Hall–Kier alpha value is -1.89. The van der Waals surface area contributed by atoms with E-state index in [0.29, 0.717) is 20.3 Å². The van der Waals surface area contributed by atoms with Crippen molar-refractivity contribution in [2.24, 2.45) is 0 Å². The first-order valence-corrected chi connectivity index (χ1v) is 9.54. The minimum absolute atomic E-state index is 0.0955. The summed E-state index contributed by atoms with van der Waals surface area (Å²) in [5.74, 6) is -0.281. The molecule has 0 fully saturated rings. The molecule has 1 aromatic carbocycles. The monoisotopic (exact) mass is 409 g/mol. The molecule has 0 unspecified atom stereocenters. The number of carbonyl (C=O) groups excluding carboxylic acids is 1. The average molecular weight is 410 g/mol. The van der Waals surface area contributed by atoms with Crippen LogP contribution in [0, 0.1) is 13.8 Å². The number of rotatable bonds is 4. The van der Waals surface area contributed by atoms with Gasteiger partial charge in [-0.15, -0.1) is 11.3 Å². The van der Waals surface area contributed by atoms with E-state index in [0.717, 1.165) is 16.0 Å². The first-order valence-electron chi connectivity index (χ1n) is 7.97. The van der Waals surface area contributed by atoms with Crippen molar-refractivity contribution in [2.75, 3.05) is 0 Å². The van der Waals surface area contributed by atoms with Gasteiger partial charge in [-0.3, -0.25) is 14.2 Å². The first-order chi connectivity index (χ1) is 12.3. The lowest BCUT2D eigenvalue weighted by atomic mass is 10.1. The number of hydrogen-bond acceptors (Lipinski definition) is 4. The van der Waals surface area contributed by atoms with Crippen LogP contribution in [-0.2, 0) is 11.3 Å². The molecule has 0 saturated heterocycles. The average Bonchev–Trinajstić information content (AvgIpc) is 2.88. The molecule has 0 spiro atoms. The third kappa shape index (κ3) is 3.63. The van der Waals surface area contributed by atoms with Gasteiger partial charge in [0.05, 0.1) is 27.8 Å². The van der Waals surface area contributed by atoms with Crippen molar-refractivity contribution in [1.29, 1.82) is 0 Å². The lowest BCUT2D eigenvalue weighted by Gasteiger charge is -2.15. The largest absolute Gasteiger partial charge is 0.348 e. The third-order valence-corrected chi connectivity index (χ3v) is 6.15. The van der Waals surface area contributed by atoms with Gasteiger partial charge in [-0.1, -0.05) is 29.3 Å². The number of amides is 1. The minimum Gasteiger partial charge on any atom is -0.348 e. The fourth-order valence-electron chi connectivity index (χ4n) is 2.69. The predicted octanol–water partition coefficient (Wildman–Crippen LogP) is 4.26. The summed E-state index contributed by atoms with van der Waals surface area (Å²) in [5.41, 5.74) is 1.55. The molecule has 0 aliphatic carbocycles. The fraction of sp³-hybridized carbons (Fsp3) is 0.278. The summed E-state index contributed by atoms with van der Waals surface area (Å²) < 4.78 is 1.33. The van der Waals surface area contributed by atoms with Crippen LogP contribution in [-0.4, -0.2) is 15.5 Å². The van der Waals surface area contributed by atoms with Gasteiger partial charge in [-0.2, -0.15) is 0 Å². The van der Waals surface area contributed by atoms with Crippen molar-refractivity contribution in [2.45, 2.75) is 33.4 Å². The van der Waals surface area contributed by atoms with E-state index in [1.54, 1.807) is 18.2 Å². The van der Waals surface area contributed by atoms with Crippen LogP contribution in [0.5, 0.6) is 0 Å². The van der Waals surface area contributed by atoms with Crippen molar-refractivity contribution in [3.05, 3.63) is 60.9 Å². The quantitative estimate of drug-likeness (QED) is 0.699. The number of hydrogen-bond donors (Lipinski definition) is 1. The number of carbonyl (C=O) groups is 1. The second-order valence-corrected chi connectivity index (χ2v) is 8.12. The molecule has 0 aliphatic rings. The van der Waals surface area contributed by atoms with E-state index < -0.39 is 0 Å². The molecule has 8 heteroatoms. The maximum absolute atomic E-state index is 12.7. The summed E-state index contributed by atoms with van der Waals surface area (Å²) in [6.07, 6.45) is 1.42. The molecule has 1 atom stereocenters. The van der Waals surface area contributed by atoms with E-state index in [9.17, 15) is 9.59 Å². The van der Waals surface area contributed by atoms with Crippen LogP contribution in [0.25, 0.3) is 10.2 Å². The molecule has 0 radical (unpaired) electrons. The number of thiophene rings is 1.